The van der Waals surface area contributed by atoms with Crippen LogP contribution in [0.25, 0.3) is 0 Å². The smallest absolute Gasteiger partial charge is 0.0584 e. The highest BCUT2D eigenvalue weighted by molar-refractivity contribution is 5.18. The van der Waals surface area contributed by atoms with E-state index in [1.807, 2.05) is 6.07 Å². The van der Waals surface area contributed by atoms with Gasteiger partial charge in [-0.15, -0.1) is 0 Å². The van der Waals surface area contributed by atoms with Crippen LogP contribution in [0.2, 0.25) is 0 Å². The van der Waals surface area contributed by atoms with Gasteiger partial charge in [-0.1, -0.05) is 50.6 Å². The second kappa shape index (κ2) is 7.42. The van der Waals surface area contributed by atoms with Gasteiger partial charge in [0.15, 0.2) is 0 Å². The Morgan fingerprint density at radius 1 is 1.19 bits per heavy atom. The Bertz CT molecular complexity index is 269. The van der Waals surface area contributed by atoms with Crippen molar-refractivity contribution in [1.29, 1.82) is 0 Å². The van der Waals surface area contributed by atoms with E-state index in [0.717, 1.165) is 19.3 Å². The number of hydrogen-bond acceptors (Lipinski definition) is 2. The van der Waals surface area contributed by atoms with Crippen LogP contribution in [0.15, 0.2) is 30.3 Å². The van der Waals surface area contributed by atoms with Crippen LogP contribution in [0.4, 0.5) is 0 Å². The molecule has 0 spiro atoms. The van der Waals surface area contributed by atoms with Crippen LogP contribution in [-0.4, -0.2) is 17.8 Å². The molecule has 2 atom stereocenters. The summed E-state index contributed by atoms with van der Waals surface area (Å²) < 4.78 is 0. The van der Waals surface area contributed by atoms with Crippen LogP contribution in [-0.2, 0) is 0 Å². The quantitative estimate of drug-likeness (QED) is 0.742. The predicted molar refractivity (Wildman–Crippen MR) is 68.4 cm³/mol. The topological polar surface area (TPSA) is 32.3 Å². The van der Waals surface area contributed by atoms with E-state index in [0.29, 0.717) is 6.04 Å². The third-order valence-electron chi connectivity index (χ3n) is 2.93. The summed E-state index contributed by atoms with van der Waals surface area (Å²) in [5.74, 6) is 0. The number of hydrogen-bond donors (Lipinski definition) is 2. The van der Waals surface area contributed by atoms with Crippen molar-refractivity contribution in [2.45, 2.75) is 45.2 Å². The van der Waals surface area contributed by atoms with Crippen molar-refractivity contribution in [3.8, 4) is 0 Å². The largest absolute Gasteiger partial charge is 0.395 e. The molecule has 0 fully saturated rings. The van der Waals surface area contributed by atoms with Crippen LogP contribution in [0.1, 0.15) is 44.7 Å². The third-order valence-corrected chi connectivity index (χ3v) is 2.93. The Kier molecular flexibility index (Phi) is 6.12. The molecule has 16 heavy (non-hydrogen) atoms. The highest BCUT2D eigenvalue weighted by atomic mass is 16.3. The number of aliphatic hydroxyl groups is 1. The maximum atomic E-state index is 9.23. The molecule has 2 N–H and O–H groups in total. The average Bonchev–Trinajstić information content (AvgIpc) is 2.35. The second-order valence-electron chi connectivity index (χ2n) is 4.21. The van der Waals surface area contributed by atoms with Gasteiger partial charge in [0, 0.05) is 12.1 Å². The Labute approximate surface area is 98.7 Å². The molecule has 0 amide bonds. The lowest BCUT2D eigenvalue weighted by Crippen LogP contribution is -2.35. The molecule has 0 heterocycles. The van der Waals surface area contributed by atoms with Gasteiger partial charge in [0.05, 0.1) is 6.61 Å². The van der Waals surface area contributed by atoms with E-state index in [9.17, 15) is 5.11 Å². The van der Waals surface area contributed by atoms with Crippen molar-refractivity contribution in [2.75, 3.05) is 6.61 Å². The molecule has 0 aliphatic carbocycles. The van der Waals surface area contributed by atoms with Crippen molar-refractivity contribution in [3.63, 3.8) is 0 Å². The average molecular weight is 221 g/mol. The van der Waals surface area contributed by atoms with Gasteiger partial charge in [-0.3, -0.25) is 0 Å². The molecule has 0 saturated heterocycles. The number of aliphatic hydroxyl groups excluding tert-OH is 1. The summed E-state index contributed by atoms with van der Waals surface area (Å²) >= 11 is 0. The standard InChI is InChI=1S/C14H23NO/c1-3-8-14(15-13(4-2)11-16)12-9-6-5-7-10-12/h5-7,9-10,13-16H,3-4,8,11H2,1-2H3. The zero-order chi connectivity index (χ0) is 11.8. The van der Waals surface area contributed by atoms with Crippen LogP contribution in [0.5, 0.6) is 0 Å². The first kappa shape index (κ1) is 13.2. The van der Waals surface area contributed by atoms with Crippen molar-refractivity contribution in [3.05, 3.63) is 35.9 Å². The van der Waals surface area contributed by atoms with E-state index in [4.69, 9.17) is 0 Å². The Balaban J connectivity index is 2.67. The first-order chi connectivity index (χ1) is 7.81. The summed E-state index contributed by atoms with van der Waals surface area (Å²) in [4.78, 5) is 0. The fourth-order valence-electron chi connectivity index (χ4n) is 1.90. The minimum atomic E-state index is 0.205. The summed E-state index contributed by atoms with van der Waals surface area (Å²) in [5.41, 5.74) is 1.32. The third kappa shape index (κ3) is 3.95. The first-order valence-electron chi connectivity index (χ1n) is 6.23. The van der Waals surface area contributed by atoms with E-state index < -0.39 is 0 Å². The monoisotopic (exact) mass is 221 g/mol. The zero-order valence-corrected chi connectivity index (χ0v) is 10.3. The fraction of sp³-hybridized carbons (Fsp3) is 0.571. The zero-order valence-electron chi connectivity index (χ0n) is 10.3. The van der Waals surface area contributed by atoms with E-state index >= 15 is 0 Å². The number of benzene rings is 1. The van der Waals surface area contributed by atoms with Gasteiger partial charge in [0.2, 0.25) is 0 Å². The molecule has 2 nitrogen and oxygen atoms in total. The molecular weight excluding hydrogens is 198 g/mol. The van der Waals surface area contributed by atoms with E-state index in [-0.39, 0.29) is 12.6 Å². The molecule has 2 unspecified atom stereocenters. The lowest BCUT2D eigenvalue weighted by molar-refractivity contribution is 0.225. The second-order valence-corrected chi connectivity index (χ2v) is 4.21. The number of rotatable bonds is 7. The van der Waals surface area contributed by atoms with Crippen molar-refractivity contribution < 1.29 is 5.11 Å². The van der Waals surface area contributed by atoms with Gasteiger partial charge in [-0.05, 0) is 18.4 Å². The lowest BCUT2D eigenvalue weighted by atomic mass is 10.0. The predicted octanol–water partition coefficient (Wildman–Crippen LogP) is 2.89. The molecule has 1 rings (SSSR count). The molecule has 0 aliphatic rings. The minimum absolute atomic E-state index is 0.205. The normalized spacial score (nSPS) is 14.7. The highest BCUT2D eigenvalue weighted by Gasteiger charge is 2.14. The summed E-state index contributed by atoms with van der Waals surface area (Å²) in [6.45, 7) is 4.50. The van der Waals surface area contributed by atoms with Gasteiger partial charge in [-0.25, -0.2) is 0 Å². The molecular formula is C14H23NO. The summed E-state index contributed by atoms with van der Waals surface area (Å²) in [5, 5.41) is 12.7. The van der Waals surface area contributed by atoms with Gasteiger partial charge in [-0.2, -0.15) is 0 Å². The van der Waals surface area contributed by atoms with Crippen molar-refractivity contribution in [2.24, 2.45) is 0 Å². The molecule has 90 valence electrons. The fourth-order valence-corrected chi connectivity index (χ4v) is 1.90. The first-order valence-corrected chi connectivity index (χ1v) is 6.23. The molecule has 0 radical (unpaired) electrons. The van der Waals surface area contributed by atoms with E-state index in [2.05, 4.69) is 43.4 Å². The summed E-state index contributed by atoms with van der Waals surface area (Å²) in [6, 6.07) is 11.0. The van der Waals surface area contributed by atoms with Crippen LogP contribution in [0.3, 0.4) is 0 Å². The van der Waals surface area contributed by atoms with Gasteiger partial charge in [0.25, 0.3) is 0 Å². The number of nitrogens with one attached hydrogen (secondary N) is 1. The van der Waals surface area contributed by atoms with Crippen molar-refractivity contribution >= 4 is 0 Å². The molecule has 1 aromatic carbocycles. The molecule has 0 aliphatic heterocycles. The van der Waals surface area contributed by atoms with E-state index in [1.165, 1.54) is 5.56 Å². The summed E-state index contributed by atoms with van der Waals surface area (Å²) in [6.07, 6.45) is 3.22. The lowest BCUT2D eigenvalue weighted by Gasteiger charge is -2.24. The van der Waals surface area contributed by atoms with Gasteiger partial charge in [0.1, 0.15) is 0 Å². The van der Waals surface area contributed by atoms with Crippen LogP contribution >= 0.6 is 0 Å². The highest BCUT2D eigenvalue weighted by Crippen LogP contribution is 2.19. The van der Waals surface area contributed by atoms with Crippen LogP contribution in [0, 0.1) is 0 Å². The van der Waals surface area contributed by atoms with E-state index in [1.54, 1.807) is 0 Å². The minimum Gasteiger partial charge on any atom is -0.395 e. The Morgan fingerprint density at radius 3 is 2.38 bits per heavy atom. The molecule has 0 bridgehead atoms. The Morgan fingerprint density at radius 2 is 1.88 bits per heavy atom. The van der Waals surface area contributed by atoms with Gasteiger partial charge < -0.3 is 10.4 Å². The van der Waals surface area contributed by atoms with Crippen LogP contribution < -0.4 is 5.32 Å². The molecule has 1 aromatic rings. The summed E-state index contributed by atoms with van der Waals surface area (Å²) in [7, 11) is 0. The van der Waals surface area contributed by atoms with Crippen molar-refractivity contribution in [1.82, 2.24) is 5.32 Å². The van der Waals surface area contributed by atoms with Gasteiger partial charge >= 0.3 is 0 Å². The maximum Gasteiger partial charge on any atom is 0.0584 e. The Hall–Kier alpha value is -0.860. The molecule has 0 aromatic heterocycles. The molecule has 2 heteroatoms. The maximum absolute atomic E-state index is 9.23. The molecule has 0 saturated carbocycles. The SMILES string of the molecule is CCCC(NC(CC)CO)c1ccccc1.